The van der Waals surface area contributed by atoms with Gasteiger partial charge in [0.1, 0.15) is 11.2 Å². The molecule has 10 aromatic carbocycles. The molecule has 250 valence electrons. The molecule has 2 aromatic heterocycles. The van der Waals surface area contributed by atoms with Crippen molar-refractivity contribution in [3.8, 4) is 33.4 Å². The largest absolute Gasteiger partial charge is 0.456 e. The first-order valence-corrected chi connectivity index (χ1v) is 19.3. The lowest BCUT2D eigenvalue weighted by atomic mass is 9.84. The maximum absolute atomic E-state index is 6.49. The van der Waals surface area contributed by atoms with Gasteiger partial charge in [0.25, 0.3) is 0 Å². The molecule has 12 aromatic rings. The van der Waals surface area contributed by atoms with Gasteiger partial charge in [-0.15, -0.1) is 11.3 Å². The van der Waals surface area contributed by atoms with Crippen molar-refractivity contribution in [1.82, 2.24) is 0 Å². The smallest absolute Gasteiger partial charge is 0.136 e. The quantitative estimate of drug-likeness (QED) is 0.167. The van der Waals surface area contributed by atoms with Crippen LogP contribution in [0, 0.1) is 0 Å². The van der Waals surface area contributed by atoms with Gasteiger partial charge in [-0.2, -0.15) is 0 Å². The van der Waals surface area contributed by atoms with E-state index in [0.29, 0.717) is 0 Å². The van der Waals surface area contributed by atoms with Crippen LogP contribution in [0.15, 0.2) is 186 Å². The van der Waals surface area contributed by atoms with E-state index >= 15 is 0 Å². The molecule has 0 N–H and O–H groups in total. The summed E-state index contributed by atoms with van der Waals surface area (Å²) < 4.78 is 9.11. The lowest BCUT2D eigenvalue weighted by Crippen LogP contribution is -1.91. The summed E-state index contributed by atoms with van der Waals surface area (Å²) in [6, 6.07) is 66.7. The summed E-state index contributed by atoms with van der Waals surface area (Å²) in [5.74, 6) is 0. The van der Waals surface area contributed by atoms with E-state index in [2.05, 4.69) is 182 Å². The van der Waals surface area contributed by atoms with Gasteiger partial charge in [-0.3, -0.25) is 0 Å². The van der Waals surface area contributed by atoms with Crippen molar-refractivity contribution in [1.29, 1.82) is 0 Å². The lowest BCUT2D eigenvalue weighted by Gasteiger charge is -2.19. The lowest BCUT2D eigenvalue weighted by molar-refractivity contribution is 0.669. The number of thiophene rings is 1. The second-order valence-corrected chi connectivity index (χ2v) is 15.4. The Balaban J connectivity index is 0.995. The molecular formula is C52H30OS. The van der Waals surface area contributed by atoms with Gasteiger partial charge >= 0.3 is 0 Å². The van der Waals surface area contributed by atoms with Crippen molar-refractivity contribution >= 4 is 96.5 Å². The number of furan rings is 1. The molecule has 0 aliphatic carbocycles. The van der Waals surface area contributed by atoms with E-state index in [1.165, 1.54) is 96.6 Å². The van der Waals surface area contributed by atoms with E-state index in [1.807, 2.05) is 11.3 Å². The third kappa shape index (κ3) is 4.32. The fraction of sp³-hybridized carbons (Fsp3) is 0. The Morgan fingerprint density at radius 2 is 0.889 bits per heavy atom. The minimum absolute atomic E-state index is 0.919. The summed E-state index contributed by atoms with van der Waals surface area (Å²) in [6.07, 6.45) is 0. The zero-order valence-electron chi connectivity index (χ0n) is 29.1. The van der Waals surface area contributed by atoms with Gasteiger partial charge in [-0.05, 0) is 101 Å². The van der Waals surface area contributed by atoms with Gasteiger partial charge in [0.15, 0.2) is 0 Å². The van der Waals surface area contributed by atoms with Gasteiger partial charge in [-0.25, -0.2) is 0 Å². The highest BCUT2D eigenvalue weighted by atomic mass is 32.1. The van der Waals surface area contributed by atoms with Crippen LogP contribution in [-0.4, -0.2) is 0 Å². The first-order chi connectivity index (χ1) is 26.8. The van der Waals surface area contributed by atoms with Crippen LogP contribution in [0.25, 0.3) is 119 Å². The van der Waals surface area contributed by atoms with Gasteiger partial charge in [0.2, 0.25) is 0 Å². The predicted molar refractivity (Wildman–Crippen MR) is 233 cm³/mol. The number of rotatable bonds is 3. The van der Waals surface area contributed by atoms with Gasteiger partial charge in [-0.1, -0.05) is 158 Å². The summed E-state index contributed by atoms with van der Waals surface area (Å²) in [4.78, 5) is 0. The predicted octanol–water partition coefficient (Wildman–Crippen LogP) is 15.6. The van der Waals surface area contributed by atoms with Crippen LogP contribution in [0.1, 0.15) is 0 Å². The molecule has 0 unspecified atom stereocenters. The first kappa shape index (κ1) is 29.8. The molecule has 2 heteroatoms. The topological polar surface area (TPSA) is 13.1 Å². The first-order valence-electron chi connectivity index (χ1n) is 18.5. The van der Waals surface area contributed by atoms with E-state index in [-0.39, 0.29) is 0 Å². The molecule has 0 saturated carbocycles. The Labute approximate surface area is 314 Å². The standard InChI is InChI=1S/C52H30OS/c1-3-13-36-32(10-1)12-9-19-38(36)51-41-17-7-5-15-39(41)50(40-16-6-8-18-42(40)51)34-22-20-31(21-23-34)35-25-27-47-44(28-35)45-30-49-46(29-48(45)53-47)43-26-24-33-11-2-4-14-37(33)52(43)54-49/h1-30H. The van der Waals surface area contributed by atoms with Crippen LogP contribution in [0.5, 0.6) is 0 Å². The number of hydrogen-bond donors (Lipinski definition) is 0. The molecule has 12 rings (SSSR count). The van der Waals surface area contributed by atoms with Crippen LogP contribution < -0.4 is 0 Å². The van der Waals surface area contributed by atoms with Crippen LogP contribution in [-0.2, 0) is 0 Å². The fourth-order valence-corrected chi connectivity index (χ4v) is 10.2. The highest BCUT2D eigenvalue weighted by Crippen LogP contribution is 2.46. The Morgan fingerprint density at radius 3 is 1.63 bits per heavy atom. The highest BCUT2D eigenvalue weighted by molar-refractivity contribution is 7.26. The van der Waals surface area contributed by atoms with Crippen LogP contribution in [0.3, 0.4) is 0 Å². The SMILES string of the molecule is c1ccc2c(-c3c4ccccc4c(-c4ccc(-c5ccc6oc7cc8c(cc7c6c5)sc5c6ccccc6ccc85)cc4)c4ccccc34)cccc2c1. The minimum Gasteiger partial charge on any atom is -0.456 e. The monoisotopic (exact) mass is 702 g/mol. The van der Waals surface area contributed by atoms with E-state index in [9.17, 15) is 0 Å². The highest BCUT2D eigenvalue weighted by Gasteiger charge is 2.19. The maximum Gasteiger partial charge on any atom is 0.136 e. The van der Waals surface area contributed by atoms with E-state index in [4.69, 9.17) is 4.42 Å². The van der Waals surface area contributed by atoms with Crippen LogP contribution in [0.2, 0.25) is 0 Å². The average Bonchev–Trinajstić information content (AvgIpc) is 3.79. The third-order valence-corrected chi connectivity index (χ3v) is 12.7. The van der Waals surface area contributed by atoms with Gasteiger partial charge in [0.05, 0.1) is 0 Å². The Kier molecular flexibility index (Phi) is 6.28. The Bertz CT molecular complexity index is 3430. The molecular weight excluding hydrogens is 673 g/mol. The van der Waals surface area contributed by atoms with Crippen molar-refractivity contribution in [2.45, 2.75) is 0 Å². The van der Waals surface area contributed by atoms with Gasteiger partial charge in [0, 0.05) is 30.9 Å². The zero-order valence-corrected chi connectivity index (χ0v) is 30.0. The van der Waals surface area contributed by atoms with E-state index in [1.54, 1.807) is 0 Å². The van der Waals surface area contributed by atoms with Crippen molar-refractivity contribution in [3.05, 3.63) is 182 Å². The number of benzene rings is 10. The van der Waals surface area contributed by atoms with Crippen LogP contribution in [0.4, 0.5) is 0 Å². The fourth-order valence-electron chi connectivity index (χ4n) is 8.95. The molecule has 0 radical (unpaired) electrons. The molecule has 0 bridgehead atoms. The second-order valence-electron chi connectivity index (χ2n) is 14.4. The van der Waals surface area contributed by atoms with Crippen molar-refractivity contribution in [3.63, 3.8) is 0 Å². The van der Waals surface area contributed by atoms with E-state index in [0.717, 1.165) is 21.9 Å². The van der Waals surface area contributed by atoms with Crippen molar-refractivity contribution < 1.29 is 4.42 Å². The number of fused-ring (bicyclic) bond motifs is 11. The molecule has 0 atom stereocenters. The molecule has 54 heavy (non-hydrogen) atoms. The Morgan fingerprint density at radius 1 is 0.315 bits per heavy atom. The average molecular weight is 703 g/mol. The molecule has 1 nitrogen and oxygen atoms in total. The molecule has 2 heterocycles. The van der Waals surface area contributed by atoms with E-state index < -0.39 is 0 Å². The molecule has 0 aliphatic rings. The summed E-state index contributed by atoms with van der Waals surface area (Å²) in [7, 11) is 0. The summed E-state index contributed by atoms with van der Waals surface area (Å²) >= 11 is 1.88. The minimum atomic E-state index is 0.919. The third-order valence-electron chi connectivity index (χ3n) is 11.5. The summed E-state index contributed by atoms with van der Waals surface area (Å²) in [5.41, 5.74) is 9.26. The summed E-state index contributed by atoms with van der Waals surface area (Å²) in [6.45, 7) is 0. The second kappa shape index (κ2) is 11.4. The molecule has 0 saturated heterocycles. The number of hydrogen-bond acceptors (Lipinski definition) is 2. The van der Waals surface area contributed by atoms with Gasteiger partial charge < -0.3 is 4.42 Å². The maximum atomic E-state index is 6.49. The zero-order chi connectivity index (χ0) is 35.3. The summed E-state index contributed by atoms with van der Waals surface area (Å²) in [5, 5.41) is 15.0. The van der Waals surface area contributed by atoms with Crippen molar-refractivity contribution in [2.75, 3.05) is 0 Å². The molecule has 0 spiro atoms. The van der Waals surface area contributed by atoms with Crippen LogP contribution >= 0.6 is 11.3 Å². The molecule has 0 fully saturated rings. The Hall–Kier alpha value is -6.74. The van der Waals surface area contributed by atoms with Crippen molar-refractivity contribution in [2.24, 2.45) is 0 Å². The normalized spacial score (nSPS) is 12.1. The molecule has 0 aliphatic heterocycles. The molecule has 0 amide bonds.